The van der Waals surface area contributed by atoms with Crippen molar-refractivity contribution in [1.29, 1.82) is 0 Å². The number of fused-ring (bicyclic) bond motifs is 2. The van der Waals surface area contributed by atoms with E-state index in [1.54, 1.807) is 0 Å². The molecule has 1 atom stereocenters. The molecule has 0 aliphatic carbocycles. The van der Waals surface area contributed by atoms with E-state index in [2.05, 4.69) is 50.5 Å². The van der Waals surface area contributed by atoms with Crippen molar-refractivity contribution in [1.82, 2.24) is 20.1 Å². The van der Waals surface area contributed by atoms with Crippen LogP contribution in [-0.2, 0) is 25.9 Å². The zero-order valence-electron chi connectivity index (χ0n) is 12.4. The number of rotatable bonds is 4. The van der Waals surface area contributed by atoms with Gasteiger partial charge in [-0.3, -0.25) is 0 Å². The molecule has 110 valence electrons. The van der Waals surface area contributed by atoms with Crippen LogP contribution in [0.4, 0.5) is 5.69 Å². The fourth-order valence-corrected chi connectivity index (χ4v) is 3.41. The van der Waals surface area contributed by atoms with Crippen LogP contribution in [0.25, 0.3) is 0 Å². The number of anilines is 1. The highest BCUT2D eigenvalue weighted by Crippen LogP contribution is 2.27. The van der Waals surface area contributed by atoms with Crippen LogP contribution in [0, 0.1) is 0 Å². The van der Waals surface area contributed by atoms with E-state index < -0.39 is 0 Å². The third-order valence-electron chi connectivity index (χ3n) is 4.56. The number of aryl methyl sites for hydroxylation is 1. The molecule has 3 heterocycles. The van der Waals surface area contributed by atoms with Gasteiger partial charge in [0.25, 0.3) is 0 Å². The number of nitrogens with zero attached hydrogens (tertiary/aromatic N) is 3. The van der Waals surface area contributed by atoms with E-state index in [1.807, 2.05) is 0 Å². The molecule has 5 nitrogen and oxygen atoms in total. The number of aromatic nitrogens is 3. The largest absolute Gasteiger partial charge is 0.384 e. The third kappa shape index (κ3) is 2.21. The molecule has 0 saturated carbocycles. The van der Waals surface area contributed by atoms with E-state index in [1.165, 1.54) is 23.2 Å². The Hall–Kier alpha value is -1.88. The Kier molecular flexibility index (Phi) is 3.15. The standard InChI is InChI=1S/C16H21N5/c1-11(16-20-19-14-6-3-9-21(14)16)18-10-13-5-2-4-12-7-8-17-15(12)13/h2,4-5,11,17-18H,3,6-10H2,1H3. The van der Waals surface area contributed by atoms with Crippen molar-refractivity contribution < 1.29 is 0 Å². The average molecular weight is 283 g/mol. The van der Waals surface area contributed by atoms with E-state index in [0.29, 0.717) is 0 Å². The van der Waals surface area contributed by atoms with Crippen LogP contribution in [0.1, 0.15) is 42.2 Å². The summed E-state index contributed by atoms with van der Waals surface area (Å²) in [7, 11) is 0. The predicted molar refractivity (Wildman–Crippen MR) is 82.2 cm³/mol. The highest BCUT2D eigenvalue weighted by molar-refractivity contribution is 5.61. The van der Waals surface area contributed by atoms with Crippen LogP contribution >= 0.6 is 0 Å². The number of benzene rings is 1. The van der Waals surface area contributed by atoms with Crippen LogP contribution in [0.5, 0.6) is 0 Å². The van der Waals surface area contributed by atoms with Crippen LogP contribution in [0.15, 0.2) is 18.2 Å². The van der Waals surface area contributed by atoms with Gasteiger partial charge in [-0.15, -0.1) is 10.2 Å². The van der Waals surface area contributed by atoms with Gasteiger partial charge < -0.3 is 15.2 Å². The van der Waals surface area contributed by atoms with Crippen LogP contribution in [0.3, 0.4) is 0 Å². The quantitative estimate of drug-likeness (QED) is 0.901. The summed E-state index contributed by atoms with van der Waals surface area (Å²) in [5, 5.41) is 15.7. The van der Waals surface area contributed by atoms with Crippen LogP contribution in [0.2, 0.25) is 0 Å². The Morgan fingerprint density at radius 1 is 1.33 bits per heavy atom. The summed E-state index contributed by atoms with van der Waals surface area (Å²) >= 11 is 0. The summed E-state index contributed by atoms with van der Waals surface area (Å²) in [4.78, 5) is 0. The van der Waals surface area contributed by atoms with Crippen molar-refractivity contribution >= 4 is 5.69 Å². The second kappa shape index (κ2) is 5.15. The first-order chi connectivity index (χ1) is 10.3. The zero-order chi connectivity index (χ0) is 14.2. The van der Waals surface area contributed by atoms with Gasteiger partial charge in [-0.05, 0) is 30.9 Å². The van der Waals surface area contributed by atoms with Crippen molar-refractivity contribution in [2.45, 2.75) is 45.3 Å². The molecule has 0 amide bonds. The number of hydrogen-bond acceptors (Lipinski definition) is 4. The fraction of sp³-hybridized carbons (Fsp3) is 0.500. The molecule has 1 aromatic carbocycles. The van der Waals surface area contributed by atoms with Gasteiger partial charge in [0.2, 0.25) is 0 Å². The summed E-state index contributed by atoms with van der Waals surface area (Å²) in [6, 6.07) is 6.79. The van der Waals surface area contributed by atoms with E-state index in [4.69, 9.17) is 0 Å². The summed E-state index contributed by atoms with van der Waals surface area (Å²) < 4.78 is 2.27. The lowest BCUT2D eigenvalue weighted by Gasteiger charge is -2.15. The van der Waals surface area contributed by atoms with E-state index in [-0.39, 0.29) is 6.04 Å². The summed E-state index contributed by atoms with van der Waals surface area (Å²) in [5.41, 5.74) is 4.10. The molecule has 2 aliphatic rings. The molecular weight excluding hydrogens is 262 g/mol. The molecule has 2 aliphatic heterocycles. The lowest BCUT2D eigenvalue weighted by Crippen LogP contribution is -2.22. The summed E-state index contributed by atoms with van der Waals surface area (Å²) in [6.07, 6.45) is 3.40. The Morgan fingerprint density at radius 3 is 3.24 bits per heavy atom. The first kappa shape index (κ1) is 12.8. The van der Waals surface area contributed by atoms with Crippen molar-refractivity contribution in [3.05, 3.63) is 41.0 Å². The Bertz CT molecular complexity index is 661. The second-order valence-electron chi connectivity index (χ2n) is 5.96. The van der Waals surface area contributed by atoms with Crippen molar-refractivity contribution in [2.75, 3.05) is 11.9 Å². The van der Waals surface area contributed by atoms with Crippen molar-refractivity contribution in [3.63, 3.8) is 0 Å². The maximum absolute atomic E-state index is 4.36. The first-order valence-electron chi connectivity index (χ1n) is 7.83. The minimum absolute atomic E-state index is 0.224. The van der Waals surface area contributed by atoms with Crippen molar-refractivity contribution in [2.24, 2.45) is 0 Å². The molecular formula is C16H21N5. The van der Waals surface area contributed by atoms with Gasteiger partial charge in [0.15, 0.2) is 0 Å². The normalized spacial score (nSPS) is 17.4. The predicted octanol–water partition coefficient (Wildman–Crippen LogP) is 2.04. The van der Waals surface area contributed by atoms with Gasteiger partial charge >= 0.3 is 0 Å². The SMILES string of the molecule is CC(NCc1cccc2c1NCC2)c1nnc2n1CCC2. The van der Waals surface area contributed by atoms with E-state index in [0.717, 1.165) is 44.1 Å². The monoisotopic (exact) mass is 283 g/mol. The molecule has 0 saturated heterocycles. The smallest absolute Gasteiger partial charge is 0.149 e. The lowest BCUT2D eigenvalue weighted by molar-refractivity contribution is 0.516. The highest BCUT2D eigenvalue weighted by Gasteiger charge is 2.21. The molecule has 0 fully saturated rings. The van der Waals surface area contributed by atoms with E-state index in [9.17, 15) is 0 Å². The van der Waals surface area contributed by atoms with Crippen molar-refractivity contribution in [3.8, 4) is 0 Å². The molecule has 2 N–H and O–H groups in total. The third-order valence-corrected chi connectivity index (χ3v) is 4.56. The molecule has 2 aromatic rings. The Labute approximate surface area is 124 Å². The maximum atomic E-state index is 4.36. The van der Waals surface area contributed by atoms with Gasteiger partial charge in [-0.1, -0.05) is 18.2 Å². The molecule has 21 heavy (non-hydrogen) atoms. The highest BCUT2D eigenvalue weighted by atomic mass is 15.3. The molecule has 0 spiro atoms. The van der Waals surface area contributed by atoms with Gasteiger partial charge in [0, 0.05) is 31.7 Å². The van der Waals surface area contributed by atoms with Gasteiger partial charge in [0.05, 0.1) is 6.04 Å². The number of para-hydroxylation sites is 1. The lowest BCUT2D eigenvalue weighted by atomic mass is 10.1. The summed E-state index contributed by atoms with van der Waals surface area (Å²) in [5.74, 6) is 2.21. The number of hydrogen-bond donors (Lipinski definition) is 2. The number of nitrogens with one attached hydrogen (secondary N) is 2. The maximum Gasteiger partial charge on any atom is 0.149 e. The Balaban J connectivity index is 1.48. The van der Waals surface area contributed by atoms with Gasteiger partial charge in [-0.2, -0.15) is 0 Å². The molecule has 0 radical (unpaired) electrons. The molecule has 4 rings (SSSR count). The van der Waals surface area contributed by atoms with Gasteiger partial charge in [-0.25, -0.2) is 0 Å². The zero-order valence-corrected chi connectivity index (χ0v) is 12.4. The fourth-order valence-electron chi connectivity index (χ4n) is 3.41. The minimum atomic E-state index is 0.224. The van der Waals surface area contributed by atoms with Crippen LogP contribution in [-0.4, -0.2) is 21.3 Å². The molecule has 1 unspecified atom stereocenters. The first-order valence-corrected chi connectivity index (χ1v) is 7.83. The van der Waals surface area contributed by atoms with Gasteiger partial charge in [0.1, 0.15) is 11.6 Å². The average Bonchev–Trinajstić information content (AvgIpc) is 3.19. The molecule has 5 heteroatoms. The Morgan fingerprint density at radius 2 is 2.29 bits per heavy atom. The minimum Gasteiger partial charge on any atom is -0.384 e. The summed E-state index contributed by atoms with van der Waals surface area (Å²) in [6.45, 7) is 5.15. The van der Waals surface area contributed by atoms with Crippen LogP contribution < -0.4 is 10.6 Å². The van der Waals surface area contributed by atoms with E-state index >= 15 is 0 Å². The molecule has 1 aromatic heterocycles. The topological polar surface area (TPSA) is 54.8 Å². The second-order valence-corrected chi connectivity index (χ2v) is 5.96. The molecule has 0 bridgehead atoms.